The molecule has 0 amide bonds. The molecule has 6 nitrogen and oxygen atoms in total. The largest absolute Gasteiger partial charge is 0.465 e. The van der Waals surface area contributed by atoms with Gasteiger partial charge in [-0.1, -0.05) is 27.7 Å². The van der Waals surface area contributed by atoms with Gasteiger partial charge in [0.05, 0.1) is 25.4 Å². The van der Waals surface area contributed by atoms with E-state index in [1.807, 2.05) is 27.7 Å². The van der Waals surface area contributed by atoms with Gasteiger partial charge in [-0.15, -0.1) is 0 Å². The smallest absolute Gasteiger partial charge is 0.305 e. The van der Waals surface area contributed by atoms with Crippen molar-refractivity contribution < 1.29 is 29.3 Å². The van der Waals surface area contributed by atoms with Gasteiger partial charge in [-0.2, -0.15) is 0 Å². The van der Waals surface area contributed by atoms with Crippen molar-refractivity contribution in [3.8, 4) is 0 Å². The Morgan fingerprint density at radius 2 is 1.04 bits per heavy atom. The molecule has 0 aromatic heterocycles. The molecule has 28 heavy (non-hydrogen) atoms. The summed E-state index contributed by atoms with van der Waals surface area (Å²) in [7, 11) is 0. The van der Waals surface area contributed by atoms with Crippen molar-refractivity contribution in [3.05, 3.63) is 0 Å². The first kappa shape index (κ1) is 26.9. The molecule has 166 valence electrons. The molecule has 0 saturated carbocycles. The lowest BCUT2D eigenvalue weighted by atomic mass is 9.98. The van der Waals surface area contributed by atoms with Crippen LogP contribution in [0.3, 0.4) is 0 Å². The molecule has 0 aliphatic carbocycles. The first-order chi connectivity index (χ1) is 13.4. The monoisotopic (exact) mass is 402 g/mol. The Balaban J connectivity index is 3.87. The number of carbonyl (C=O) groups excluding carboxylic acids is 2. The molecule has 0 aromatic rings. The summed E-state index contributed by atoms with van der Waals surface area (Å²) >= 11 is 0. The Bertz CT molecular complexity index is 374. The normalized spacial score (nSPS) is 15.5. The molecular formula is C22H42O6. The molecule has 0 saturated heterocycles. The summed E-state index contributed by atoms with van der Waals surface area (Å²) in [6, 6.07) is 0. The highest BCUT2D eigenvalue weighted by atomic mass is 16.5. The van der Waals surface area contributed by atoms with Crippen LogP contribution in [0, 0.1) is 11.8 Å². The van der Waals surface area contributed by atoms with E-state index in [0.29, 0.717) is 64.6 Å². The predicted molar refractivity (Wildman–Crippen MR) is 110 cm³/mol. The van der Waals surface area contributed by atoms with E-state index in [1.54, 1.807) is 0 Å². The minimum atomic E-state index is -0.341. The van der Waals surface area contributed by atoms with Gasteiger partial charge in [0.2, 0.25) is 0 Å². The third-order valence-corrected chi connectivity index (χ3v) is 5.28. The minimum absolute atomic E-state index is 0.187. The molecule has 0 aromatic carbocycles. The number of hydrogen-bond donors (Lipinski definition) is 2. The Morgan fingerprint density at radius 3 is 1.32 bits per heavy atom. The molecule has 0 fully saturated rings. The zero-order valence-corrected chi connectivity index (χ0v) is 18.3. The number of carbonyl (C=O) groups is 2. The Labute approximate surface area is 171 Å². The summed E-state index contributed by atoms with van der Waals surface area (Å²) in [6.07, 6.45) is 5.54. The zero-order chi connectivity index (χ0) is 21.4. The summed E-state index contributed by atoms with van der Waals surface area (Å²) in [5, 5.41) is 19.4. The van der Waals surface area contributed by atoms with Crippen LogP contribution in [0.2, 0.25) is 0 Å². The van der Waals surface area contributed by atoms with Crippen molar-refractivity contribution in [1.82, 2.24) is 0 Å². The molecule has 6 heteroatoms. The summed E-state index contributed by atoms with van der Waals surface area (Å²) in [6.45, 7) is 8.61. The standard InChI is InChI=1S/C22H42O6/c1-5-17(13-19(23)7-3)15-27-21(25)11-9-10-12-22(26)28-16-18(6-2)14-20(24)8-4/h17-20,23-24H,5-16H2,1-4H3. The molecule has 0 aliphatic heterocycles. The quantitative estimate of drug-likeness (QED) is 0.282. The first-order valence-corrected chi connectivity index (χ1v) is 11.0. The summed E-state index contributed by atoms with van der Waals surface area (Å²) < 4.78 is 10.6. The lowest BCUT2D eigenvalue weighted by Crippen LogP contribution is -2.19. The predicted octanol–water partition coefficient (Wildman–Crippen LogP) is 4.01. The highest BCUT2D eigenvalue weighted by Gasteiger charge is 2.16. The second-order valence-corrected chi connectivity index (χ2v) is 7.72. The van der Waals surface area contributed by atoms with Crippen LogP contribution in [0.1, 0.15) is 91.9 Å². The van der Waals surface area contributed by atoms with Crippen LogP contribution in [-0.4, -0.2) is 47.6 Å². The molecule has 0 heterocycles. The second kappa shape index (κ2) is 16.8. The summed E-state index contributed by atoms with van der Waals surface area (Å²) in [5.41, 5.74) is 0. The van der Waals surface area contributed by atoms with Crippen LogP contribution >= 0.6 is 0 Å². The number of aliphatic hydroxyl groups excluding tert-OH is 2. The maximum Gasteiger partial charge on any atom is 0.305 e. The van der Waals surface area contributed by atoms with E-state index >= 15 is 0 Å². The number of ether oxygens (including phenoxy) is 2. The lowest BCUT2D eigenvalue weighted by molar-refractivity contribution is -0.147. The highest BCUT2D eigenvalue weighted by Crippen LogP contribution is 2.15. The van der Waals surface area contributed by atoms with E-state index < -0.39 is 0 Å². The first-order valence-electron chi connectivity index (χ1n) is 11.0. The molecule has 0 radical (unpaired) electrons. The van der Waals surface area contributed by atoms with Crippen LogP contribution in [0.5, 0.6) is 0 Å². The number of unbranched alkanes of at least 4 members (excludes halogenated alkanes) is 1. The molecule has 0 bridgehead atoms. The van der Waals surface area contributed by atoms with Crippen LogP contribution in [0.4, 0.5) is 0 Å². The highest BCUT2D eigenvalue weighted by molar-refractivity contribution is 5.70. The van der Waals surface area contributed by atoms with Gasteiger partial charge >= 0.3 is 11.9 Å². The molecule has 0 rings (SSSR count). The molecule has 0 aliphatic rings. The van der Waals surface area contributed by atoms with Gasteiger partial charge in [-0.3, -0.25) is 9.59 Å². The van der Waals surface area contributed by atoms with Gasteiger partial charge < -0.3 is 19.7 Å². The maximum absolute atomic E-state index is 11.8. The average Bonchev–Trinajstić information content (AvgIpc) is 2.70. The summed E-state index contributed by atoms with van der Waals surface area (Å²) in [4.78, 5) is 23.6. The van der Waals surface area contributed by atoms with Crippen molar-refractivity contribution in [2.24, 2.45) is 11.8 Å². The fourth-order valence-electron chi connectivity index (χ4n) is 2.91. The van der Waals surface area contributed by atoms with Crippen LogP contribution in [0.15, 0.2) is 0 Å². The third kappa shape index (κ3) is 13.9. The fraction of sp³-hybridized carbons (Fsp3) is 0.909. The summed E-state index contributed by atoms with van der Waals surface area (Å²) in [5.74, 6) is -0.131. The van der Waals surface area contributed by atoms with Crippen molar-refractivity contribution in [2.75, 3.05) is 13.2 Å². The average molecular weight is 403 g/mol. The van der Waals surface area contributed by atoms with Gasteiger partial charge in [0.25, 0.3) is 0 Å². The SMILES string of the molecule is CCC(O)CC(CC)COC(=O)CCCCC(=O)OCC(CC)CC(O)CC. The number of rotatable bonds is 17. The van der Waals surface area contributed by atoms with E-state index in [9.17, 15) is 19.8 Å². The van der Waals surface area contributed by atoms with Gasteiger partial charge in [-0.25, -0.2) is 0 Å². The Morgan fingerprint density at radius 1 is 0.679 bits per heavy atom. The molecule has 4 atom stereocenters. The number of aliphatic hydroxyl groups is 2. The minimum Gasteiger partial charge on any atom is -0.465 e. The van der Waals surface area contributed by atoms with Gasteiger partial charge in [0.15, 0.2) is 0 Å². The third-order valence-electron chi connectivity index (χ3n) is 5.28. The van der Waals surface area contributed by atoms with E-state index in [4.69, 9.17) is 9.47 Å². The van der Waals surface area contributed by atoms with Gasteiger partial charge in [-0.05, 0) is 63.2 Å². The van der Waals surface area contributed by atoms with Gasteiger partial charge in [0, 0.05) is 12.8 Å². The van der Waals surface area contributed by atoms with E-state index in [-0.39, 0.29) is 36.0 Å². The van der Waals surface area contributed by atoms with Crippen molar-refractivity contribution in [1.29, 1.82) is 0 Å². The molecule has 2 N–H and O–H groups in total. The molecular weight excluding hydrogens is 360 g/mol. The van der Waals surface area contributed by atoms with Crippen LogP contribution in [0.25, 0.3) is 0 Å². The molecule has 4 unspecified atom stereocenters. The second-order valence-electron chi connectivity index (χ2n) is 7.72. The lowest BCUT2D eigenvalue weighted by Gasteiger charge is -2.18. The zero-order valence-electron chi connectivity index (χ0n) is 18.3. The number of esters is 2. The van der Waals surface area contributed by atoms with Crippen molar-refractivity contribution in [3.63, 3.8) is 0 Å². The van der Waals surface area contributed by atoms with Crippen LogP contribution < -0.4 is 0 Å². The van der Waals surface area contributed by atoms with E-state index in [1.165, 1.54) is 0 Å². The fourth-order valence-corrected chi connectivity index (χ4v) is 2.91. The van der Waals surface area contributed by atoms with Crippen LogP contribution in [-0.2, 0) is 19.1 Å². The van der Waals surface area contributed by atoms with E-state index in [2.05, 4.69) is 0 Å². The molecule has 0 spiro atoms. The Kier molecular flexibility index (Phi) is 16.1. The Hall–Kier alpha value is -1.14. The van der Waals surface area contributed by atoms with Crippen molar-refractivity contribution in [2.45, 2.75) is 104 Å². The maximum atomic E-state index is 11.8. The number of hydrogen-bond acceptors (Lipinski definition) is 6. The topological polar surface area (TPSA) is 93.1 Å². The van der Waals surface area contributed by atoms with Crippen molar-refractivity contribution >= 4 is 11.9 Å². The van der Waals surface area contributed by atoms with Gasteiger partial charge in [0.1, 0.15) is 0 Å². The van der Waals surface area contributed by atoms with E-state index in [0.717, 1.165) is 12.8 Å².